The quantitative estimate of drug-likeness (QED) is 0.529. The van der Waals surface area contributed by atoms with E-state index in [9.17, 15) is 13.7 Å². The van der Waals surface area contributed by atoms with Crippen LogP contribution in [0.4, 0.5) is 0 Å². The number of hydrogen-bond donors (Lipinski definition) is 0. The van der Waals surface area contributed by atoms with Crippen molar-refractivity contribution < 1.29 is 8.42 Å². The van der Waals surface area contributed by atoms with Crippen LogP contribution in [0.3, 0.4) is 0 Å². The van der Waals surface area contributed by atoms with Gasteiger partial charge in [-0.15, -0.1) is 0 Å². The molecule has 0 aromatic heterocycles. The highest BCUT2D eigenvalue weighted by Crippen LogP contribution is 2.45. The van der Waals surface area contributed by atoms with Crippen molar-refractivity contribution in [2.45, 2.75) is 18.2 Å². The fraction of sp³-hybridized carbons (Fsp3) is 0.136. The molecular weight excluding hydrogens is 342 g/mol. The van der Waals surface area contributed by atoms with E-state index < -0.39 is 9.84 Å². The third kappa shape index (κ3) is 2.44. The third-order valence-electron chi connectivity index (χ3n) is 4.99. The molecule has 0 spiro atoms. The lowest BCUT2D eigenvalue weighted by Gasteiger charge is -2.16. The number of fused-ring (bicyclic) bond motifs is 3. The van der Waals surface area contributed by atoms with E-state index in [1.165, 1.54) is 17.4 Å². The standard InChI is InChI=1S/C22H17NO2S/c1-14-10-11-18(19-12-15-6-3-4-8-17(15)21(14)19)22-16(13-23)7-5-9-20(22)26(2,24)25/h3-11H,12H2,1-2H3. The van der Waals surface area contributed by atoms with Crippen LogP contribution < -0.4 is 0 Å². The number of nitrogens with zero attached hydrogens (tertiary/aromatic N) is 1. The lowest BCUT2D eigenvalue weighted by molar-refractivity contribution is 0.602. The molecule has 0 saturated heterocycles. The van der Waals surface area contributed by atoms with Gasteiger partial charge < -0.3 is 0 Å². The molecule has 0 unspecified atom stereocenters. The Kier molecular flexibility index (Phi) is 3.71. The smallest absolute Gasteiger partial charge is 0.176 e. The Balaban J connectivity index is 2.09. The van der Waals surface area contributed by atoms with E-state index in [1.807, 2.05) is 24.3 Å². The van der Waals surface area contributed by atoms with Crippen molar-refractivity contribution in [2.24, 2.45) is 0 Å². The van der Waals surface area contributed by atoms with E-state index in [0.29, 0.717) is 11.1 Å². The molecule has 0 bridgehead atoms. The lowest BCUT2D eigenvalue weighted by Crippen LogP contribution is -2.03. The summed E-state index contributed by atoms with van der Waals surface area (Å²) in [4.78, 5) is 0.207. The molecule has 0 N–H and O–H groups in total. The van der Waals surface area contributed by atoms with Crippen molar-refractivity contribution in [2.75, 3.05) is 6.26 Å². The summed E-state index contributed by atoms with van der Waals surface area (Å²) in [5, 5.41) is 9.60. The van der Waals surface area contributed by atoms with Gasteiger partial charge in [-0.25, -0.2) is 8.42 Å². The SMILES string of the molecule is Cc1ccc(-c2c(C#N)cccc2S(C)(=O)=O)c2c1-c1ccccc1C2. The van der Waals surface area contributed by atoms with Gasteiger partial charge in [0.1, 0.15) is 0 Å². The minimum absolute atomic E-state index is 0.207. The fourth-order valence-electron chi connectivity index (χ4n) is 3.88. The summed E-state index contributed by atoms with van der Waals surface area (Å²) in [6.07, 6.45) is 1.93. The Bertz CT molecular complexity index is 1200. The average molecular weight is 359 g/mol. The summed E-state index contributed by atoms with van der Waals surface area (Å²) in [7, 11) is -3.46. The highest BCUT2D eigenvalue weighted by Gasteiger charge is 2.27. The van der Waals surface area contributed by atoms with Crippen LogP contribution in [0.5, 0.6) is 0 Å². The van der Waals surface area contributed by atoms with Crippen molar-refractivity contribution in [3.8, 4) is 28.3 Å². The summed E-state index contributed by atoms with van der Waals surface area (Å²) < 4.78 is 24.7. The Hall–Kier alpha value is -2.90. The zero-order valence-electron chi connectivity index (χ0n) is 14.6. The zero-order valence-corrected chi connectivity index (χ0v) is 15.4. The molecule has 0 aliphatic heterocycles. The van der Waals surface area contributed by atoms with Gasteiger partial charge in [0.05, 0.1) is 16.5 Å². The predicted molar refractivity (Wildman–Crippen MR) is 103 cm³/mol. The molecule has 0 atom stereocenters. The monoisotopic (exact) mass is 359 g/mol. The largest absolute Gasteiger partial charge is 0.224 e. The Labute approximate surface area is 153 Å². The van der Waals surface area contributed by atoms with Crippen molar-refractivity contribution in [3.05, 3.63) is 76.9 Å². The van der Waals surface area contributed by atoms with Gasteiger partial charge in [-0.05, 0) is 58.9 Å². The first-order chi connectivity index (χ1) is 12.4. The molecule has 0 heterocycles. The molecule has 3 nitrogen and oxygen atoms in total. The molecule has 0 amide bonds. The third-order valence-corrected chi connectivity index (χ3v) is 6.13. The van der Waals surface area contributed by atoms with Gasteiger partial charge in [-0.3, -0.25) is 0 Å². The highest BCUT2D eigenvalue weighted by molar-refractivity contribution is 7.90. The van der Waals surface area contributed by atoms with Gasteiger partial charge in [0, 0.05) is 11.8 Å². The molecule has 3 aromatic carbocycles. The lowest BCUT2D eigenvalue weighted by atomic mass is 9.90. The van der Waals surface area contributed by atoms with Crippen LogP contribution >= 0.6 is 0 Å². The first-order valence-corrected chi connectivity index (χ1v) is 10.2. The van der Waals surface area contributed by atoms with E-state index in [4.69, 9.17) is 0 Å². The maximum atomic E-state index is 12.4. The molecule has 1 aliphatic carbocycles. The summed E-state index contributed by atoms with van der Waals surface area (Å²) in [6, 6.07) is 19.3. The second-order valence-electron chi connectivity index (χ2n) is 6.68. The first-order valence-electron chi connectivity index (χ1n) is 8.36. The van der Waals surface area contributed by atoms with E-state index in [1.54, 1.807) is 18.2 Å². The number of benzene rings is 3. The van der Waals surface area contributed by atoms with Crippen LogP contribution in [0.1, 0.15) is 22.3 Å². The van der Waals surface area contributed by atoms with Gasteiger partial charge in [-0.2, -0.15) is 5.26 Å². The van der Waals surface area contributed by atoms with Crippen molar-refractivity contribution >= 4 is 9.84 Å². The molecule has 1 aliphatic rings. The van der Waals surface area contributed by atoms with Gasteiger partial charge in [-0.1, -0.05) is 42.5 Å². The zero-order chi connectivity index (χ0) is 18.5. The summed E-state index contributed by atoms with van der Waals surface area (Å²) in [6.45, 7) is 2.07. The molecule has 0 fully saturated rings. The minimum Gasteiger partial charge on any atom is -0.224 e. The number of nitriles is 1. The van der Waals surface area contributed by atoms with Crippen LogP contribution in [0.25, 0.3) is 22.3 Å². The molecule has 4 rings (SSSR count). The average Bonchev–Trinajstić information content (AvgIpc) is 3.01. The second kappa shape index (κ2) is 5.82. The molecule has 26 heavy (non-hydrogen) atoms. The van der Waals surface area contributed by atoms with Crippen LogP contribution in [0.2, 0.25) is 0 Å². The van der Waals surface area contributed by atoms with Crippen LogP contribution in [0.15, 0.2) is 59.5 Å². The Morgan fingerprint density at radius 1 is 0.923 bits per heavy atom. The number of sulfone groups is 1. The molecular formula is C22H17NO2S. The number of hydrogen-bond acceptors (Lipinski definition) is 3. The van der Waals surface area contributed by atoms with Crippen LogP contribution in [0, 0.1) is 18.3 Å². The summed E-state index contributed by atoms with van der Waals surface area (Å²) in [5.74, 6) is 0. The molecule has 0 saturated carbocycles. The second-order valence-corrected chi connectivity index (χ2v) is 8.66. The van der Waals surface area contributed by atoms with E-state index in [-0.39, 0.29) is 4.90 Å². The van der Waals surface area contributed by atoms with Crippen molar-refractivity contribution in [1.29, 1.82) is 5.26 Å². The molecule has 3 aromatic rings. The maximum absolute atomic E-state index is 12.4. The van der Waals surface area contributed by atoms with Crippen LogP contribution in [-0.2, 0) is 16.3 Å². The Morgan fingerprint density at radius 3 is 2.42 bits per heavy atom. The molecule has 128 valence electrons. The first kappa shape index (κ1) is 16.6. The number of aryl methyl sites for hydroxylation is 1. The van der Waals surface area contributed by atoms with Gasteiger partial charge in [0.25, 0.3) is 0 Å². The maximum Gasteiger partial charge on any atom is 0.176 e. The van der Waals surface area contributed by atoms with Gasteiger partial charge in [0.15, 0.2) is 9.84 Å². The Morgan fingerprint density at radius 2 is 1.69 bits per heavy atom. The van der Waals surface area contributed by atoms with Crippen molar-refractivity contribution in [3.63, 3.8) is 0 Å². The van der Waals surface area contributed by atoms with E-state index in [2.05, 4.69) is 25.1 Å². The van der Waals surface area contributed by atoms with Gasteiger partial charge in [0.2, 0.25) is 0 Å². The predicted octanol–water partition coefficient (Wildman–Crippen LogP) is 4.51. The topological polar surface area (TPSA) is 57.9 Å². The van der Waals surface area contributed by atoms with E-state index in [0.717, 1.165) is 28.7 Å². The summed E-state index contributed by atoms with van der Waals surface area (Å²) >= 11 is 0. The molecule has 0 radical (unpaired) electrons. The van der Waals surface area contributed by atoms with Crippen LogP contribution in [-0.4, -0.2) is 14.7 Å². The fourth-order valence-corrected chi connectivity index (χ4v) is 4.79. The van der Waals surface area contributed by atoms with Crippen molar-refractivity contribution in [1.82, 2.24) is 0 Å². The molecule has 4 heteroatoms. The highest BCUT2D eigenvalue weighted by atomic mass is 32.2. The number of rotatable bonds is 2. The normalized spacial score (nSPS) is 12.3. The summed E-state index contributed by atoms with van der Waals surface area (Å²) in [5.41, 5.74) is 7.56. The minimum atomic E-state index is -3.46. The van der Waals surface area contributed by atoms with E-state index >= 15 is 0 Å². The van der Waals surface area contributed by atoms with Gasteiger partial charge >= 0.3 is 0 Å².